The van der Waals surface area contributed by atoms with Gasteiger partial charge in [0.15, 0.2) is 0 Å². The number of pyridine rings is 1. The number of anilines is 4. The SMILES string of the molecule is O=C1CC(=O)N(c2ccc(NC(=O)c3cccnc3Cl)cc2)c2c(ccc3ccccc23)N1. The van der Waals surface area contributed by atoms with E-state index in [4.69, 9.17) is 11.6 Å². The topological polar surface area (TPSA) is 91.4 Å². The molecule has 2 heterocycles. The average Bonchev–Trinajstić information content (AvgIpc) is 2.94. The lowest BCUT2D eigenvalue weighted by molar-refractivity contribution is -0.124. The number of rotatable bonds is 3. The summed E-state index contributed by atoms with van der Waals surface area (Å²) in [5, 5.41) is 7.51. The summed E-state index contributed by atoms with van der Waals surface area (Å²) in [6.07, 6.45) is 1.23. The molecule has 4 aromatic rings. The van der Waals surface area contributed by atoms with Crippen LogP contribution in [0.1, 0.15) is 16.8 Å². The number of carbonyl (C=O) groups excluding carboxylic acids is 3. The van der Waals surface area contributed by atoms with Gasteiger partial charge in [-0.15, -0.1) is 0 Å². The number of hydrogen-bond acceptors (Lipinski definition) is 4. The molecule has 3 aromatic carbocycles. The molecule has 3 amide bonds. The molecule has 0 fully saturated rings. The number of benzene rings is 3. The number of nitrogens with one attached hydrogen (secondary N) is 2. The lowest BCUT2D eigenvalue weighted by atomic mass is 10.1. The number of aromatic nitrogens is 1. The smallest absolute Gasteiger partial charge is 0.258 e. The average molecular weight is 457 g/mol. The minimum absolute atomic E-state index is 0.113. The van der Waals surface area contributed by atoms with Crippen LogP contribution in [0.15, 0.2) is 79.0 Å². The summed E-state index contributed by atoms with van der Waals surface area (Å²) in [5.41, 5.74) is 2.54. The molecular formula is C25H17ClN4O3. The molecular weight excluding hydrogens is 440 g/mol. The number of halogens is 1. The van der Waals surface area contributed by atoms with Crippen molar-refractivity contribution < 1.29 is 14.4 Å². The molecule has 0 saturated carbocycles. The Morgan fingerprint density at radius 2 is 1.76 bits per heavy atom. The molecule has 0 aliphatic carbocycles. The van der Waals surface area contributed by atoms with E-state index in [-0.39, 0.29) is 29.0 Å². The summed E-state index contributed by atoms with van der Waals surface area (Å²) in [5.74, 6) is -1.10. The first kappa shape index (κ1) is 20.7. The van der Waals surface area contributed by atoms with Crippen LogP contribution in [0.4, 0.5) is 22.7 Å². The molecule has 1 aliphatic rings. The molecule has 162 valence electrons. The Labute approximate surface area is 194 Å². The molecule has 5 rings (SSSR count). The minimum atomic E-state index is -0.391. The van der Waals surface area contributed by atoms with Gasteiger partial charge in [0, 0.05) is 23.0 Å². The zero-order valence-electron chi connectivity index (χ0n) is 17.2. The van der Waals surface area contributed by atoms with Gasteiger partial charge in [0.2, 0.25) is 11.8 Å². The van der Waals surface area contributed by atoms with Gasteiger partial charge in [-0.05, 0) is 47.9 Å². The molecule has 0 unspecified atom stereocenters. The standard InChI is InChI=1S/C25H17ClN4O3/c26-24-19(6-3-13-27-24)25(33)28-16-8-10-17(11-9-16)30-22(32)14-21(31)29-20-12-7-15-4-1-2-5-18(15)23(20)30/h1-13H,14H2,(H,28,33)(H,29,31). The summed E-state index contributed by atoms with van der Waals surface area (Å²) in [7, 11) is 0. The van der Waals surface area contributed by atoms with Gasteiger partial charge >= 0.3 is 0 Å². The van der Waals surface area contributed by atoms with Crippen molar-refractivity contribution in [1.29, 1.82) is 0 Å². The predicted octanol–water partition coefficient (Wildman–Crippen LogP) is 5.15. The van der Waals surface area contributed by atoms with Gasteiger partial charge in [-0.1, -0.05) is 41.9 Å². The summed E-state index contributed by atoms with van der Waals surface area (Å²) in [4.78, 5) is 43.3. The molecule has 0 spiro atoms. The zero-order valence-corrected chi connectivity index (χ0v) is 18.0. The monoisotopic (exact) mass is 456 g/mol. The van der Waals surface area contributed by atoms with E-state index in [0.29, 0.717) is 22.7 Å². The Morgan fingerprint density at radius 3 is 2.55 bits per heavy atom. The van der Waals surface area contributed by atoms with Gasteiger partial charge in [-0.25, -0.2) is 4.98 Å². The van der Waals surface area contributed by atoms with Crippen LogP contribution in [0.5, 0.6) is 0 Å². The van der Waals surface area contributed by atoms with E-state index in [0.717, 1.165) is 10.8 Å². The van der Waals surface area contributed by atoms with E-state index in [1.54, 1.807) is 47.4 Å². The van der Waals surface area contributed by atoms with Gasteiger partial charge in [-0.2, -0.15) is 0 Å². The molecule has 33 heavy (non-hydrogen) atoms. The molecule has 8 heteroatoms. The number of amides is 3. The van der Waals surface area contributed by atoms with Crippen molar-refractivity contribution >= 4 is 62.8 Å². The third kappa shape index (κ3) is 3.90. The quantitative estimate of drug-likeness (QED) is 0.329. The fourth-order valence-electron chi connectivity index (χ4n) is 3.85. The fraction of sp³-hybridized carbons (Fsp3) is 0.0400. The maximum Gasteiger partial charge on any atom is 0.258 e. The second-order valence-electron chi connectivity index (χ2n) is 7.48. The zero-order chi connectivity index (χ0) is 22.9. The second-order valence-corrected chi connectivity index (χ2v) is 7.84. The number of fused-ring (bicyclic) bond motifs is 3. The number of carbonyl (C=O) groups is 3. The van der Waals surface area contributed by atoms with E-state index in [1.165, 1.54) is 6.20 Å². The molecule has 1 aromatic heterocycles. The highest BCUT2D eigenvalue weighted by atomic mass is 35.5. The molecule has 0 bridgehead atoms. The van der Waals surface area contributed by atoms with Crippen LogP contribution in [0, 0.1) is 0 Å². The van der Waals surface area contributed by atoms with Crippen molar-refractivity contribution in [2.75, 3.05) is 15.5 Å². The Bertz CT molecular complexity index is 1420. The fourth-order valence-corrected chi connectivity index (χ4v) is 4.06. The van der Waals surface area contributed by atoms with Crippen LogP contribution in [0.25, 0.3) is 10.8 Å². The Hall–Kier alpha value is -4.23. The van der Waals surface area contributed by atoms with Crippen LogP contribution in [-0.4, -0.2) is 22.7 Å². The summed E-state index contributed by atoms with van der Waals surface area (Å²) in [6, 6.07) is 21.4. The van der Waals surface area contributed by atoms with Gasteiger partial charge in [0.25, 0.3) is 5.91 Å². The van der Waals surface area contributed by atoms with Gasteiger partial charge in [0.05, 0.1) is 16.9 Å². The van der Waals surface area contributed by atoms with E-state index < -0.39 is 5.91 Å². The first-order valence-electron chi connectivity index (χ1n) is 10.2. The third-order valence-electron chi connectivity index (χ3n) is 5.35. The van der Waals surface area contributed by atoms with Gasteiger partial charge in [-0.3, -0.25) is 19.3 Å². The molecule has 7 nitrogen and oxygen atoms in total. The number of hydrogen-bond donors (Lipinski definition) is 2. The summed E-state index contributed by atoms with van der Waals surface area (Å²) in [6.45, 7) is 0. The Kier molecular flexibility index (Phi) is 5.24. The van der Waals surface area contributed by atoms with Crippen molar-refractivity contribution in [3.05, 3.63) is 89.7 Å². The van der Waals surface area contributed by atoms with Gasteiger partial charge < -0.3 is 10.6 Å². The van der Waals surface area contributed by atoms with Crippen LogP contribution in [0.3, 0.4) is 0 Å². The molecule has 0 atom stereocenters. The first-order chi connectivity index (χ1) is 16.0. The highest BCUT2D eigenvalue weighted by Crippen LogP contribution is 2.41. The van der Waals surface area contributed by atoms with Crippen molar-refractivity contribution in [1.82, 2.24) is 4.98 Å². The normalized spacial score (nSPS) is 13.3. The summed E-state index contributed by atoms with van der Waals surface area (Å²) >= 11 is 6.00. The molecule has 1 aliphatic heterocycles. The Balaban J connectivity index is 1.52. The van der Waals surface area contributed by atoms with Crippen molar-refractivity contribution in [3.63, 3.8) is 0 Å². The van der Waals surface area contributed by atoms with E-state index in [1.807, 2.05) is 30.3 Å². The van der Waals surface area contributed by atoms with Crippen LogP contribution < -0.4 is 15.5 Å². The van der Waals surface area contributed by atoms with Crippen LogP contribution in [0.2, 0.25) is 5.15 Å². The van der Waals surface area contributed by atoms with Crippen LogP contribution >= 0.6 is 11.6 Å². The van der Waals surface area contributed by atoms with E-state index in [2.05, 4.69) is 15.6 Å². The second kappa shape index (κ2) is 8.37. The maximum atomic E-state index is 13.1. The molecule has 0 saturated heterocycles. The van der Waals surface area contributed by atoms with Gasteiger partial charge in [0.1, 0.15) is 11.6 Å². The number of nitrogens with zero attached hydrogens (tertiary/aromatic N) is 2. The first-order valence-corrected chi connectivity index (χ1v) is 10.6. The highest BCUT2D eigenvalue weighted by molar-refractivity contribution is 6.33. The molecule has 0 radical (unpaired) electrons. The predicted molar refractivity (Wildman–Crippen MR) is 128 cm³/mol. The van der Waals surface area contributed by atoms with Crippen molar-refractivity contribution in [3.8, 4) is 0 Å². The highest BCUT2D eigenvalue weighted by Gasteiger charge is 2.29. The maximum absolute atomic E-state index is 13.1. The van der Waals surface area contributed by atoms with Crippen molar-refractivity contribution in [2.45, 2.75) is 6.42 Å². The van der Waals surface area contributed by atoms with E-state index in [9.17, 15) is 14.4 Å². The minimum Gasteiger partial charge on any atom is -0.324 e. The third-order valence-corrected chi connectivity index (χ3v) is 5.65. The largest absolute Gasteiger partial charge is 0.324 e. The summed E-state index contributed by atoms with van der Waals surface area (Å²) < 4.78 is 0. The van der Waals surface area contributed by atoms with Crippen LogP contribution in [-0.2, 0) is 9.59 Å². The van der Waals surface area contributed by atoms with Crippen molar-refractivity contribution in [2.24, 2.45) is 0 Å². The molecule has 2 N–H and O–H groups in total. The van der Waals surface area contributed by atoms with E-state index >= 15 is 0 Å². The lowest BCUT2D eigenvalue weighted by Crippen LogP contribution is -2.26. The lowest BCUT2D eigenvalue weighted by Gasteiger charge is -2.24. The Morgan fingerprint density at radius 1 is 0.970 bits per heavy atom.